The van der Waals surface area contributed by atoms with Gasteiger partial charge in [-0.25, -0.2) is 0 Å². The summed E-state index contributed by atoms with van der Waals surface area (Å²) in [6.07, 6.45) is 6.80. The fraction of sp³-hybridized carbons (Fsp3) is 0.379. The van der Waals surface area contributed by atoms with Crippen molar-refractivity contribution in [2.75, 3.05) is 73.5 Å². The Morgan fingerprint density at radius 2 is 1.63 bits per heavy atom. The van der Waals surface area contributed by atoms with Gasteiger partial charge >= 0.3 is 0 Å². The van der Waals surface area contributed by atoms with Crippen LogP contribution in [0.4, 0.5) is 11.4 Å². The van der Waals surface area contributed by atoms with Gasteiger partial charge in [-0.2, -0.15) is 5.26 Å². The molecule has 0 atom stereocenters. The summed E-state index contributed by atoms with van der Waals surface area (Å²) in [5, 5.41) is 14.0. The van der Waals surface area contributed by atoms with Gasteiger partial charge in [0, 0.05) is 67.7 Å². The van der Waals surface area contributed by atoms with Gasteiger partial charge in [0.15, 0.2) is 11.5 Å². The van der Waals surface area contributed by atoms with Crippen molar-refractivity contribution in [3.8, 4) is 29.1 Å². The van der Waals surface area contributed by atoms with Gasteiger partial charge in [-0.15, -0.1) is 0 Å². The molecule has 0 bridgehead atoms. The monoisotopic (exact) mass is 517 g/mol. The van der Waals surface area contributed by atoms with Crippen LogP contribution in [0.15, 0.2) is 36.5 Å². The van der Waals surface area contributed by atoms with Crippen LogP contribution in [-0.4, -0.2) is 83.0 Å². The third-order valence-electron chi connectivity index (χ3n) is 6.78. The predicted octanol–water partition coefficient (Wildman–Crippen LogP) is 4.54. The Morgan fingerprint density at radius 1 is 0.947 bits per heavy atom. The quantitative estimate of drug-likeness (QED) is 0.416. The molecule has 1 aromatic heterocycles. The molecule has 38 heavy (non-hydrogen) atoms. The van der Waals surface area contributed by atoms with Crippen LogP contribution in [0.2, 0.25) is 0 Å². The van der Waals surface area contributed by atoms with Crippen LogP contribution >= 0.6 is 0 Å². The molecule has 1 aliphatic heterocycles. The first-order valence-electron chi connectivity index (χ1n) is 12.6. The highest BCUT2D eigenvalue weighted by atomic mass is 16.5. The first-order valence-corrected chi connectivity index (χ1v) is 12.6. The molecule has 9 heteroatoms. The number of benzene rings is 2. The Hall–Kier alpha value is -4.00. The molecule has 0 spiro atoms. The minimum absolute atomic E-state index is 0.406. The van der Waals surface area contributed by atoms with E-state index in [4.69, 9.17) is 18.9 Å². The molecular weight excluding hydrogens is 482 g/mol. The van der Waals surface area contributed by atoms with Crippen LogP contribution in [0.25, 0.3) is 17.0 Å². The highest BCUT2D eigenvalue weighted by molar-refractivity contribution is 5.98. The molecule has 200 valence electrons. The Morgan fingerprint density at radius 3 is 2.24 bits per heavy atom. The number of nitrogens with one attached hydrogen (secondary N) is 1. The fourth-order valence-corrected chi connectivity index (χ4v) is 4.60. The summed E-state index contributed by atoms with van der Waals surface area (Å²) in [6.45, 7) is 5.48. The van der Waals surface area contributed by atoms with Crippen LogP contribution < -0.4 is 24.3 Å². The molecule has 2 aromatic carbocycles. The van der Waals surface area contributed by atoms with Gasteiger partial charge in [-0.05, 0) is 25.6 Å². The SMILES string of the molecule is COc1cc2c(Nc3cc(OC)c(OC)c(OC)c3)c(C#N)cnc2cc1/C=C/CCN1CCN(C)CC1. The van der Waals surface area contributed by atoms with E-state index < -0.39 is 0 Å². The maximum absolute atomic E-state index is 9.84. The van der Waals surface area contributed by atoms with Crippen molar-refractivity contribution in [3.63, 3.8) is 0 Å². The van der Waals surface area contributed by atoms with Crippen LogP contribution in [0, 0.1) is 11.3 Å². The molecule has 3 aromatic rings. The summed E-state index contributed by atoms with van der Waals surface area (Å²) < 4.78 is 22.1. The molecular formula is C29H35N5O4. The second-order valence-electron chi connectivity index (χ2n) is 9.14. The molecule has 0 amide bonds. The van der Waals surface area contributed by atoms with Gasteiger partial charge in [0.25, 0.3) is 0 Å². The molecule has 2 heterocycles. The van der Waals surface area contributed by atoms with Gasteiger partial charge in [-0.3, -0.25) is 4.98 Å². The van der Waals surface area contributed by atoms with E-state index in [0.717, 1.165) is 55.6 Å². The number of nitriles is 1. The zero-order valence-electron chi connectivity index (χ0n) is 22.7. The van der Waals surface area contributed by atoms with E-state index in [1.807, 2.05) is 12.1 Å². The van der Waals surface area contributed by atoms with Gasteiger partial charge in [-0.1, -0.05) is 12.2 Å². The highest BCUT2D eigenvalue weighted by Gasteiger charge is 2.17. The summed E-state index contributed by atoms with van der Waals surface area (Å²) in [5.41, 5.74) is 3.39. The maximum atomic E-state index is 9.84. The van der Waals surface area contributed by atoms with Gasteiger partial charge in [0.1, 0.15) is 11.8 Å². The summed E-state index contributed by atoms with van der Waals surface area (Å²) in [5.74, 6) is 2.21. The fourth-order valence-electron chi connectivity index (χ4n) is 4.60. The minimum Gasteiger partial charge on any atom is -0.496 e. The molecule has 0 radical (unpaired) electrons. The van der Waals surface area contributed by atoms with E-state index in [1.54, 1.807) is 46.8 Å². The van der Waals surface area contributed by atoms with E-state index >= 15 is 0 Å². The van der Waals surface area contributed by atoms with Crippen molar-refractivity contribution in [1.29, 1.82) is 5.26 Å². The number of ether oxygens (including phenoxy) is 4. The molecule has 9 nitrogen and oxygen atoms in total. The van der Waals surface area contributed by atoms with E-state index in [0.29, 0.717) is 39.9 Å². The molecule has 1 N–H and O–H groups in total. The average molecular weight is 518 g/mol. The van der Waals surface area contributed by atoms with Gasteiger partial charge in [0.05, 0.1) is 45.2 Å². The first-order chi connectivity index (χ1) is 18.5. The van der Waals surface area contributed by atoms with Crippen LogP contribution in [0.1, 0.15) is 17.5 Å². The maximum Gasteiger partial charge on any atom is 0.203 e. The average Bonchev–Trinajstić information content (AvgIpc) is 2.95. The molecule has 1 fully saturated rings. The molecule has 0 unspecified atom stereocenters. The van der Waals surface area contributed by atoms with Crippen LogP contribution in [-0.2, 0) is 0 Å². The van der Waals surface area contributed by atoms with Crippen molar-refractivity contribution in [3.05, 3.63) is 47.7 Å². The van der Waals surface area contributed by atoms with E-state index in [-0.39, 0.29) is 0 Å². The number of rotatable bonds is 10. The Bertz CT molecular complexity index is 1320. The normalized spacial score (nSPS) is 14.4. The van der Waals surface area contributed by atoms with Crippen molar-refractivity contribution >= 4 is 28.4 Å². The Balaban J connectivity index is 1.64. The molecule has 4 rings (SSSR count). The lowest BCUT2D eigenvalue weighted by molar-refractivity contribution is 0.156. The number of nitrogens with zero attached hydrogens (tertiary/aromatic N) is 4. The summed E-state index contributed by atoms with van der Waals surface area (Å²) in [6, 6.07) is 9.74. The number of aromatic nitrogens is 1. The number of methoxy groups -OCH3 is 4. The number of hydrogen-bond acceptors (Lipinski definition) is 9. The zero-order chi connectivity index (χ0) is 27.1. The molecule has 0 saturated carbocycles. The smallest absolute Gasteiger partial charge is 0.203 e. The largest absolute Gasteiger partial charge is 0.496 e. The summed E-state index contributed by atoms with van der Waals surface area (Å²) >= 11 is 0. The first kappa shape index (κ1) is 27.0. The summed E-state index contributed by atoms with van der Waals surface area (Å²) in [4.78, 5) is 9.42. The van der Waals surface area contributed by atoms with Crippen molar-refractivity contribution in [1.82, 2.24) is 14.8 Å². The number of pyridine rings is 1. The number of piperazine rings is 1. The van der Waals surface area contributed by atoms with E-state index in [9.17, 15) is 5.26 Å². The van der Waals surface area contributed by atoms with Crippen molar-refractivity contribution < 1.29 is 18.9 Å². The third-order valence-corrected chi connectivity index (χ3v) is 6.78. The lowest BCUT2D eigenvalue weighted by atomic mass is 10.0. The lowest BCUT2D eigenvalue weighted by Crippen LogP contribution is -2.44. The minimum atomic E-state index is 0.406. The standard InChI is InChI=1S/C29H35N5O4/c1-33-10-12-34(13-11-33)9-7-6-8-20-14-24-23(17-25(20)35-2)28(21(18-30)19-31-24)32-22-15-26(36-3)29(38-5)27(16-22)37-4/h6,8,14-17,19H,7,9-13H2,1-5H3,(H,31,32)/b8-6+. The highest BCUT2D eigenvalue weighted by Crippen LogP contribution is 2.42. The van der Waals surface area contributed by atoms with Crippen molar-refractivity contribution in [2.45, 2.75) is 6.42 Å². The molecule has 1 aliphatic rings. The third kappa shape index (κ3) is 5.93. The predicted molar refractivity (Wildman–Crippen MR) is 150 cm³/mol. The Labute approximate surface area is 224 Å². The van der Waals surface area contributed by atoms with Gasteiger partial charge in [0.2, 0.25) is 5.75 Å². The number of anilines is 2. The van der Waals surface area contributed by atoms with E-state index in [1.165, 1.54) is 0 Å². The molecule has 1 saturated heterocycles. The Kier molecular flexibility index (Phi) is 8.89. The van der Waals surface area contributed by atoms with Crippen LogP contribution in [0.5, 0.6) is 23.0 Å². The number of fused-ring (bicyclic) bond motifs is 1. The topological polar surface area (TPSA) is 92.1 Å². The summed E-state index contributed by atoms with van der Waals surface area (Å²) in [7, 11) is 8.50. The second kappa shape index (κ2) is 12.5. The number of hydrogen-bond donors (Lipinski definition) is 1. The molecule has 0 aliphatic carbocycles. The zero-order valence-corrected chi connectivity index (χ0v) is 22.7. The lowest BCUT2D eigenvalue weighted by Gasteiger charge is -2.32. The van der Waals surface area contributed by atoms with Gasteiger partial charge < -0.3 is 34.1 Å². The van der Waals surface area contributed by atoms with Crippen LogP contribution in [0.3, 0.4) is 0 Å². The second-order valence-corrected chi connectivity index (χ2v) is 9.14. The van der Waals surface area contributed by atoms with Crippen molar-refractivity contribution in [2.24, 2.45) is 0 Å². The number of likely N-dealkylation sites (N-methyl/N-ethyl adjacent to an activating group) is 1. The van der Waals surface area contributed by atoms with E-state index in [2.05, 4.69) is 45.4 Å².